The first-order valence-electron chi connectivity index (χ1n) is 6.52. The van der Waals surface area contributed by atoms with Gasteiger partial charge in [0.1, 0.15) is 5.75 Å². The van der Waals surface area contributed by atoms with Crippen molar-refractivity contribution in [1.29, 1.82) is 0 Å². The van der Waals surface area contributed by atoms with Gasteiger partial charge in [0, 0.05) is 18.2 Å². The molecule has 0 aromatic heterocycles. The van der Waals surface area contributed by atoms with Crippen LogP contribution in [0.15, 0.2) is 24.3 Å². The Morgan fingerprint density at radius 1 is 1.39 bits per heavy atom. The summed E-state index contributed by atoms with van der Waals surface area (Å²) in [6.07, 6.45) is 3.59. The minimum Gasteiger partial charge on any atom is -0.508 e. The van der Waals surface area contributed by atoms with Crippen molar-refractivity contribution in [2.75, 3.05) is 13.1 Å². The van der Waals surface area contributed by atoms with E-state index in [0.717, 1.165) is 25.9 Å². The van der Waals surface area contributed by atoms with Crippen molar-refractivity contribution in [3.63, 3.8) is 0 Å². The first-order chi connectivity index (χ1) is 8.75. The lowest BCUT2D eigenvalue weighted by Crippen LogP contribution is -2.41. The number of carbonyl (C=O) groups is 1. The fourth-order valence-electron chi connectivity index (χ4n) is 2.25. The second-order valence-corrected chi connectivity index (χ2v) is 4.77. The quantitative estimate of drug-likeness (QED) is 0.753. The zero-order valence-electron chi connectivity index (χ0n) is 10.5. The summed E-state index contributed by atoms with van der Waals surface area (Å²) in [6, 6.07) is 7.18. The summed E-state index contributed by atoms with van der Waals surface area (Å²) in [6.45, 7) is 1.87. The van der Waals surface area contributed by atoms with E-state index in [0.29, 0.717) is 5.56 Å². The van der Waals surface area contributed by atoms with Crippen LogP contribution in [0.25, 0.3) is 0 Å². The number of phenolic OH excluding ortho intramolecular Hbond substituents is 1. The molecule has 1 aromatic rings. The van der Waals surface area contributed by atoms with Crippen molar-refractivity contribution in [2.24, 2.45) is 0 Å². The van der Waals surface area contributed by atoms with Crippen molar-refractivity contribution < 1.29 is 9.90 Å². The van der Waals surface area contributed by atoms with E-state index in [4.69, 9.17) is 0 Å². The lowest BCUT2D eigenvalue weighted by molar-refractivity contribution is -0.121. The average Bonchev–Trinajstić information content (AvgIpc) is 2.61. The van der Waals surface area contributed by atoms with Crippen LogP contribution in [0.4, 0.5) is 0 Å². The number of hydrogen-bond acceptors (Lipinski definition) is 3. The molecule has 1 heterocycles. The number of rotatable bonds is 3. The monoisotopic (exact) mass is 248 g/mol. The molecule has 1 fully saturated rings. The number of phenols is 1. The first kappa shape index (κ1) is 12.9. The zero-order chi connectivity index (χ0) is 12.8. The van der Waals surface area contributed by atoms with Crippen LogP contribution in [0.2, 0.25) is 0 Å². The Bertz CT molecular complexity index is 399. The van der Waals surface area contributed by atoms with Crippen LogP contribution < -0.4 is 10.6 Å². The van der Waals surface area contributed by atoms with Gasteiger partial charge in [-0.3, -0.25) is 4.79 Å². The van der Waals surface area contributed by atoms with Gasteiger partial charge in [0.25, 0.3) is 0 Å². The predicted octanol–water partition coefficient (Wildman–Crippen LogP) is 1.19. The summed E-state index contributed by atoms with van der Waals surface area (Å²) < 4.78 is 0. The van der Waals surface area contributed by atoms with Gasteiger partial charge in [-0.1, -0.05) is 24.6 Å². The molecular weight excluding hydrogens is 228 g/mol. The molecule has 0 bridgehead atoms. The molecule has 1 aromatic carbocycles. The van der Waals surface area contributed by atoms with Gasteiger partial charge in [-0.25, -0.2) is 0 Å². The summed E-state index contributed by atoms with van der Waals surface area (Å²) >= 11 is 0. The molecule has 4 nitrogen and oxygen atoms in total. The summed E-state index contributed by atoms with van der Waals surface area (Å²) in [5.74, 6) is 0.164. The van der Waals surface area contributed by atoms with E-state index in [9.17, 15) is 9.90 Å². The van der Waals surface area contributed by atoms with Gasteiger partial charge in [0.05, 0.1) is 6.42 Å². The number of para-hydroxylation sites is 1. The Hall–Kier alpha value is -1.55. The van der Waals surface area contributed by atoms with Crippen LogP contribution in [0.1, 0.15) is 24.8 Å². The molecule has 1 amide bonds. The van der Waals surface area contributed by atoms with Gasteiger partial charge in [0.2, 0.25) is 5.91 Å². The van der Waals surface area contributed by atoms with Crippen molar-refractivity contribution in [1.82, 2.24) is 10.6 Å². The van der Waals surface area contributed by atoms with Gasteiger partial charge in [0.15, 0.2) is 0 Å². The molecule has 0 aliphatic carbocycles. The van der Waals surface area contributed by atoms with Crippen LogP contribution in [-0.4, -0.2) is 30.1 Å². The molecule has 1 aliphatic heterocycles. The van der Waals surface area contributed by atoms with Crippen LogP contribution >= 0.6 is 0 Å². The summed E-state index contributed by atoms with van der Waals surface area (Å²) in [5, 5.41) is 16.0. The first-order valence-corrected chi connectivity index (χ1v) is 6.52. The molecule has 0 saturated carbocycles. The minimum atomic E-state index is -0.0230. The minimum absolute atomic E-state index is 0.0230. The Morgan fingerprint density at radius 2 is 2.22 bits per heavy atom. The largest absolute Gasteiger partial charge is 0.508 e. The third-order valence-electron chi connectivity index (χ3n) is 3.25. The molecule has 18 heavy (non-hydrogen) atoms. The molecule has 2 rings (SSSR count). The molecule has 4 heteroatoms. The maximum atomic E-state index is 11.9. The van der Waals surface area contributed by atoms with Gasteiger partial charge in [-0.15, -0.1) is 0 Å². The Balaban J connectivity index is 1.86. The highest BCUT2D eigenvalue weighted by Crippen LogP contribution is 2.16. The highest BCUT2D eigenvalue weighted by molar-refractivity contribution is 5.79. The molecule has 0 spiro atoms. The highest BCUT2D eigenvalue weighted by atomic mass is 16.3. The van der Waals surface area contributed by atoms with Crippen LogP contribution in [0.5, 0.6) is 5.75 Å². The van der Waals surface area contributed by atoms with Crippen molar-refractivity contribution >= 4 is 5.91 Å². The third-order valence-corrected chi connectivity index (χ3v) is 3.25. The normalized spacial score (nSPS) is 20.1. The molecular formula is C14H20N2O2. The van der Waals surface area contributed by atoms with Crippen LogP contribution in [-0.2, 0) is 11.2 Å². The molecule has 1 saturated heterocycles. The second-order valence-electron chi connectivity index (χ2n) is 4.77. The number of nitrogens with one attached hydrogen (secondary N) is 2. The molecule has 3 N–H and O–H groups in total. The number of carbonyl (C=O) groups excluding carboxylic acids is 1. The smallest absolute Gasteiger partial charge is 0.224 e. The fraction of sp³-hybridized carbons (Fsp3) is 0.500. The SMILES string of the molecule is O=C(Cc1ccccc1O)NC1CCCCNC1. The number of hydrogen-bond donors (Lipinski definition) is 3. The van der Waals surface area contributed by atoms with Gasteiger partial charge in [-0.05, 0) is 25.5 Å². The number of benzene rings is 1. The van der Waals surface area contributed by atoms with Gasteiger partial charge < -0.3 is 15.7 Å². The topological polar surface area (TPSA) is 61.4 Å². The fourth-order valence-corrected chi connectivity index (χ4v) is 2.25. The highest BCUT2D eigenvalue weighted by Gasteiger charge is 2.15. The third kappa shape index (κ3) is 3.74. The van der Waals surface area contributed by atoms with Crippen LogP contribution in [0, 0.1) is 0 Å². The lowest BCUT2D eigenvalue weighted by atomic mass is 10.1. The van der Waals surface area contributed by atoms with Gasteiger partial charge in [-0.2, -0.15) is 0 Å². The molecule has 98 valence electrons. The average molecular weight is 248 g/mol. The molecule has 1 unspecified atom stereocenters. The number of amides is 1. The van der Waals surface area contributed by atoms with Crippen molar-refractivity contribution in [2.45, 2.75) is 31.7 Å². The van der Waals surface area contributed by atoms with E-state index in [2.05, 4.69) is 10.6 Å². The Labute approximate surface area is 107 Å². The van der Waals surface area contributed by atoms with E-state index in [1.54, 1.807) is 18.2 Å². The summed E-state index contributed by atoms with van der Waals surface area (Å²) in [7, 11) is 0. The molecule has 0 radical (unpaired) electrons. The summed E-state index contributed by atoms with van der Waals surface area (Å²) in [4.78, 5) is 11.9. The van der Waals surface area contributed by atoms with E-state index < -0.39 is 0 Å². The van der Waals surface area contributed by atoms with Gasteiger partial charge >= 0.3 is 0 Å². The van der Waals surface area contributed by atoms with Crippen molar-refractivity contribution in [3.8, 4) is 5.75 Å². The van der Waals surface area contributed by atoms with E-state index in [1.165, 1.54) is 6.42 Å². The van der Waals surface area contributed by atoms with E-state index >= 15 is 0 Å². The maximum absolute atomic E-state index is 11.9. The zero-order valence-corrected chi connectivity index (χ0v) is 10.5. The summed E-state index contributed by atoms with van der Waals surface area (Å²) in [5.41, 5.74) is 0.677. The van der Waals surface area contributed by atoms with Crippen molar-refractivity contribution in [3.05, 3.63) is 29.8 Å². The van der Waals surface area contributed by atoms with E-state index in [1.807, 2.05) is 6.07 Å². The molecule has 1 atom stereocenters. The Morgan fingerprint density at radius 3 is 3.06 bits per heavy atom. The maximum Gasteiger partial charge on any atom is 0.224 e. The molecule has 1 aliphatic rings. The lowest BCUT2D eigenvalue weighted by Gasteiger charge is -2.16. The predicted molar refractivity (Wildman–Crippen MR) is 70.5 cm³/mol. The van der Waals surface area contributed by atoms with Crippen LogP contribution in [0.3, 0.4) is 0 Å². The second kappa shape index (κ2) is 6.40. The standard InChI is InChI=1S/C14H20N2O2/c17-13-7-2-1-5-11(13)9-14(18)16-12-6-3-4-8-15-10-12/h1-2,5,7,12,15,17H,3-4,6,8-10H2,(H,16,18). The van der Waals surface area contributed by atoms with E-state index in [-0.39, 0.29) is 24.1 Å². The number of aromatic hydroxyl groups is 1. The Kier molecular flexibility index (Phi) is 4.59.